The number of rotatable bonds is 7. The molecule has 0 aliphatic heterocycles. The third-order valence-corrected chi connectivity index (χ3v) is 4.89. The van der Waals surface area contributed by atoms with Gasteiger partial charge in [-0.25, -0.2) is 4.98 Å². The van der Waals surface area contributed by atoms with E-state index < -0.39 is 0 Å². The van der Waals surface area contributed by atoms with E-state index in [1.54, 1.807) is 37.4 Å². The number of nitrogens with one attached hydrogen (secondary N) is 2. The fourth-order valence-electron chi connectivity index (χ4n) is 2.43. The van der Waals surface area contributed by atoms with Crippen LogP contribution in [0.4, 0.5) is 0 Å². The van der Waals surface area contributed by atoms with Crippen LogP contribution in [0.15, 0.2) is 34.6 Å². The van der Waals surface area contributed by atoms with Crippen molar-refractivity contribution in [2.45, 2.75) is 26.3 Å². The molecule has 0 unspecified atom stereocenters. The summed E-state index contributed by atoms with van der Waals surface area (Å²) in [6.45, 7) is 3.50. The summed E-state index contributed by atoms with van der Waals surface area (Å²) in [6, 6.07) is 7.75. The van der Waals surface area contributed by atoms with Gasteiger partial charge in [-0.3, -0.25) is 9.79 Å². The Morgan fingerprint density at radius 2 is 2.07 bits per heavy atom. The number of carbonyl (C=O) groups is 1. The quantitative estimate of drug-likeness (QED) is 0.348. The highest BCUT2D eigenvalue weighted by molar-refractivity contribution is 14.0. The average Bonchev–Trinajstić information content (AvgIpc) is 3.12. The Hall–Kier alpha value is -1.68. The van der Waals surface area contributed by atoms with Crippen LogP contribution in [-0.4, -0.2) is 49.4 Å². The number of thiazole rings is 1. The van der Waals surface area contributed by atoms with E-state index in [0.29, 0.717) is 12.1 Å². The number of carbonyl (C=O) groups excluding carboxylic acids is 1. The van der Waals surface area contributed by atoms with Crippen molar-refractivity contribution in [3.63, 3.8) is 0 Å². The van der Waals surface area contributed by atoms with Gasteiger partial charge < -0.3 is 15.5 Å². The lowest BCUT2D eigenvalue weighted by Crippen LogP contribution is -2.37. The van der Waals surface area contributed by atoms with Gasteiger partial charge in [-0.15, -0.1) is 35.3 Å². The van der Waals surface area contributed by atoms with Gasteiger partial charge in [-0.1, -0.05) is 19.1 Å². The molecule has 0 saturated heterocycles. The van der Waals surface area contributed by atoms with Crippen molar-refractivity contribution in [1.29, 1.82) is 0 Å². The first-order chi connectivity index (χ1) is 12.5. The lowest BCUT2D eigenvalue weighted by atomic mass is 10.1. The van der Waals surface area contributed by atoms with Gasteiger partial charge in [0.25, 0.3) is 5.91 Å². The van der Waals surface area contributed by atoms with Gasteiger partial charge in [0.15, 0.2) is 5.96 Å². The normalized spacial score (nSPS) is 10.9. The molecule has 1 aromatic heterocycles. The molecule has 2 rings (SSSR count). The van der Waals surface area contributed by atoms with Crippen molar-refractivity contribution < 1.29 is 4.79 Å². The van der Waals surface area contributed by atoms with Gasteiger partial charge in [-0.05, 0) is 30.5 Å². The van der Waals surface area contributed by atoms with Crippen LogP contribution < -0.4 is 10.6 Å². The molecule has 0 radical (unpaired) electrons. The average molecular weight is 501 g/mol. The Kier molecular flexibility index (Phi) is 10.3. The molecule has 2 N–H and O–H groups in total. The number of amides is 1. The molecule has 0 aliphatic carbocycles. The molecule has 148 valence electrons. The van der Waals surface area contributed by atoms with Crippen LogP contribution in [0, 0.1) is 0 Å². The largest absolute Gasteiger partial charge is 0.356 e. The second-order valence-corrected chi connectivity index (χ2v) is 7.03. The second-order valence-electron chi connectivity index (χ2n) is 6.09. The highest BCUT2D eigenvalue weighted by Crippen LogP contribution is 2.10. The lowest BCUT2D eigenvalue weighted by molar-refractivity contribution is 0.0827. The summed E-state index contributed by atoms with van der Waals surface area (Å²) >= 11 is 1.69. The first kappa shape index (κ1) is 23.4. The fourth-order valence-corrected chi connectivity index (χ4v) is 3.18. The van der Waals surface area contributed by atoms with E-state index in [-0.39, 0.29) is 29.9 Å². The maximum absolute atomic E-state index is 12.0. The minimum Gasteiger partial charge on any atom is -0.356 e. The third-order valence-electron chi connectivity index (χ3n) is 3.85. The van der Waals surface area contributed by atoms with E-state index in [9.17, 15) is 4.79 Å². The smallest absolute Gasteiger partial charge is 0.253 e. The zero-order valence-electron chi connectivity index (χ0n) is 16.3. The van der Waals surface area contributed by atoms with E-state index in [1.165, 1.54) is 0 Å². The molecule has 0 saturated carbocycles. The van der Waals surface area contributed by atoms with Gasteiger partial charge in [0.2, 0.25) is 0 Å². The molecule has 1 aromatic carbocycles. The SMILES string of the molecule is CCc1nc(CNC(=NC)NCCc2cccc(C(=O)N(C)C)c2)cs1.I. The predicted octanol–water partition coefficient (Wildman–Crippen LogP) is 2.93. The number of halogens is 1. The van der Waals surface area contributed by atoms with Crippen molar-refractivity contribution in [3.8, 4) is 0 Å². The van der Waals surface area contributed by atoms with Gasteiger partial charge in [0.05, 0.1) is 17.2 Å². The molecule has 0 bridgehead atoms. The zero-order chi connectivity index (χ0) is 18.9. The van der Waals surface area contributed by atoms with Crippen molar-refractivity contribution in [1.82, 2.24) is 20.5 Å². The molecule has 1 amide bonds. The Balaban J connectivity index is 0.00000364. The molecule has 0 atom stereocenters. The van der Waals surface area contributed by atoms with E-state index in [4.69, 9.17) is 0 Å². The molecule has 0 spiro atoms. The van der Waals surface area contributed by atoms with E-state index in [0.717, 1.165) is 41.6 Å². The maximum Gasteiger partial charge on any atom is 0.253 e. The molecule has 0 aliphatic rings. The van der Waals surface area contributed by atoms with Gasteiger partial charge in [-0.2, -0.15) is 0 Å². The molecule has 1 heterocycles. The summed E-state index contributed by atoms with van der Waals surface area (Å²) in [6.07, 6.45) is 1.78. The molecule has 0 fully saturated rings. The van der Waals surface area contributed by atoms with E-state index >= 15 is 0 Å². The summed E-state index contributed by atoms with van der Waals surface area (Å²) in [5, 5.41) is 9.80. The van der Waals surface area contributed by atoms with Crippen LogP contribution in [0.5, 0.6) is 0 Å². The van der Waals surface area contributed by atoms with Crippen LogP contribution in [-0.2, 0) is 19.4 Å². The van der Waals surface area contributed by atoms with E-state index in [1.807, 2.05) is 24.3 Å². The van der Waals surface area contributed by atoms with Gasteiger partial charge in [0, 0.05) is 38.6 Å². The summed E-state index contributed by atoms with van der Waals surface area (Å²) in [4.78, 5) is 22.4. The van der Waals surface area contributed by atoms with E-state index in [2.05, 4.69) is 32.9 Å². The topological polar surface area (TPSA) is 69.6 Å². The summed E-state index contributed by atoms with van der Waals surface area (Å²) in [5.74, 6) is 0.767. The maximum atomic E-state index is 12.0. The minimum absolute atomic E-state index is 0. The third kappa shape index (κ3) is 7.45. The van der Waals surface area contributed by atoms with Crippen LogP contribution in [0.2, 0.25) is 0 Å². The molecule has 6 nitrogen and oxygen atoms in total. The molecule has 2 aromatic rings. The van der Waals surface area contributed by atoms with Crippen molar-refractivity contribution in [2.24, 2.45) is 4.99 Å². The number of aliphatic imine (C=N–C) groups is 1. The van der Waals surface area contributed by atoms with Crippen LogP contribution >= 0.6 is 35.3 Å². The summed E-state index contributed by atoms with van der Waals surface area (Å²) < 4.78 is 0. The van der Waals surface area contributed by atoms with Crippen LogP contribution in [0.3, 0.4) is 0 Å². The number of nitrogens with zero attached hydrogens (tertiary/aromatic N) is 3. The Morgan fingerprint density at radius 3 is 2.70 bits per heavy atom. The monoisotopic (exact) mass is 501 g/mol. The Bertz CT molecular complexity index is 760. The number of aromatic nitrogens is 1. The number of hydrogen-bond acceptors (Lipinski definition) is 4. The zero-order valence-corrected chi connectivity index (χ0v) is 19.4. The fraction of sp³-hybridized carbons (Fsp3) is 0.421. The van der Waals surface area contributed by atoms with Crippen molar-refractivity contribution in [3.05, 3.63) is 51.5 Å². The van der Waals surface area contributed by atoms with Gasteiger partial charge in [0.1, 0.15) is 0 Å². The minimum atomic E-state index is 0. The highest BCUT2D eigenvalue weighted by Gasteiger charge is 2.08. The highest BCUT2D eigenvalue weighted by atomic mass is 127. The van der Waals surface area contributed by atoms with Crippen molar-refractivity contribution >= 4 is 47.2 Å². The lowest BCUT2D eigenvalue weighted by Gasteiger charge is -2.13. The first-order valence-corrected chi connectivity index (χ1v) is 9.59. The molecular formula is C19H28IN5OS. The summed E-state index contributed by atoms with van der Waals surface area (Å²) in [7, 11) is 5.28. The Morgan fingerprint density at radius 1 is 1.30 bits per heavy atom. The molecule has 27 heavy (non-hydrogen) atoms. The first-order valence-electron chi connectivity index (χ1n) is 8.71. The predicted molar refractivity (Wildman–Crippen MR) is 123 cm³/mol. The molecule has 8 heteroatoms. The number of guanidine groups is 1. The Labute approximate surface area is 182 Å². The van der Waals surface area contributed by atoms with Crippen LogP contribution in [0.25, 0.3) is 0 Å². The summed E-state index contributed by atoms with van der Waals surface area (Å²) in [5.41, 5.74) is 2.86. The van der Waals surface area contributed by atoms with Crippen molar-refractivity contribution in [2.75, 3.05) is 27.7 Å². The number of benzene rings is 1. The number of hydrogen-bond donors (Lipinski definition) is 2. The molecular weight excluding hydrogens is 473 g/mol. The standard InChI is InChI=1S/C19H27N5OS.HI/c1-5-17-23-16(13-26-17)12-22-19(20-2)21-10-9-14-7-6-8-15(11-14)18(25)24(3)4;/h6-8,11,13H,5,9-10,12H2,1-4H3,(H2,20,21,22);1H. The number of aryl methyl sites for hydroxylation is 1. The van der Waals surface area contributed by atoms with Gasteiger partial charge >= 0.3 is 0 Å². The van der Waals surface area contributed by atoms with Crippen LogP contribution in [0.1, 0.15) is 33.5 Å². The second kappa shape index (κ2) is 11.9.